The van der Waals surface area contributed by atoms with Crippen LogP contribution in [0.1, 0.15) is 343 Å². The number of carbonyl (C=O) groups is 3. The monoisotopic (exact) mass is 947 g/mol. The van der Waals surface area contributed by atoms with Gasteiger partial charge < -0.3 is 14.2 Å². The molecule has 0 N–H and O–H groups in total. The number of esters is 3. The highest BCUT2D eigenvalue weighted by atomic mass is 16.6. The molecular weight excluding hydrogens is 829 g/mol. The van der Waals surface area contributed by atoms with Crippen LogP contribution in [0.2, 0.25) is 0 Å². The van der Waals surface area contributed by atoms with Crippen molar-refractivity contribution in [3.63, 3.8) is 0 Å². The molecule has 398 valence electrons. The number of ether oxygens (including phenoxy) is 3. The molecule has 0 aromatic heterocycles. The van der Waals surface area contributed by atoms with Gasteiger partial charge in [-0.3, -0.25) is 14.4 Å². The molecule has 67 heavy (non-hydrogen) atoms. The molecule has 0 heterocycles. The molecule has 0 aliphatic carbocycles. The van der Waals surface area contributed by atoms with Crippen molar-refractivity contribution in [2.75, 3.05) is 13.2 Å². The third-order valence-corrected chi connectivity index (χ3v) is 14.0. The topological polar surface area (TPSA) is 78.9 Å². The number of unbranched alkanes of at least 4 members (excludes halogenated alkanes) is 40. The first kappa shape index (κ1) is 65.4. The largest absolute Gasteiger partial charge is 0.462 e. The molecule has 0 rings (SSSR count). The Morgan fingerprint density at radius 3 is 0.731 bits per heavy atom. The van der Waals surface area contributed by atoms with Crippen LogP contribution in [0.4, 0.5) is 0 Å². The molecule has 0 aliphatic heterocycles. The molecule has 0 aromatic rings. The van der Waals surface area contributed by atoms with Gasteiger partial charge in [-0.15, -0.1) is 0 Å². The maximum Gasteiger partial charge on any atom is 0.306 e. The summed E-state index contributed by atoms with van der Waals surface area (Å²) in [4.78, 5) is 38.2. The van der Waals surface area contributed by atoms with E-state index in [-0.39, 0.29) is 31.1 Å². The van der Waals surface area contributed by atoms with Crippen LogP contribution in [-0.4, -0.2) is 37.2 Å². The number of hydrogen-bond donors (Lipinski definition) is 0. The zero-order valence-corrected chi connectivity index (χ0v) is 46.0. The van der Waals surface area contributed by atoms with Crippen LogP contribution < -0.4 is 0 Å². The normalized spacial score (nSPS) is 12.0. The van der Waals surface area contributed by atoms with Crippen molar-refractivity contribution in [3.8, 4) is 0 Å². The molecule has 0 unspecified atom stereocenters. The van der Waals surface area contributed by atoms with E-state index in [1.807, 2.05) is 0 Å². The second-order valence-corrected chi connectivity index (χ2v) is 21.9. The smallest absolute Gasteiger partial charge is 0.306 e. The summed E-state index contributed by atoms with van der Waals surface area (Å²) in [6.45, 7) is 11.4. The van der Waals surface area contributed by atoms with E-state index < -0.39 is 6.10 Å². The molecule has 0 aliphatic rings. The molecule has 0 aromatic carbocycles. The van der Waals surface area contributed by atoms with Gasteiger partial charge in [0.2, 0.25) is 0 Å². The van der Waals surface area contributed by atoms with Crippen molar-refractivity contribution in [1.29, 1.82) is 0 Å². The standard InChI is InChI=1S/C61H118O6/c1-6-7-8-9-10-11-12-13-14-15-16-21-28-33-38-43-48-53-61(64)67-58(55-66-60(63)52-47-42-37-32-27-23-22-25-30-35-40-45-50-57(4)5)54-65-59(62)51-46-41-36-31-26-20-18-17-19-24-29-34-39-44-49-56(2)3/h56-58H,6-55H2,1-5H3/t58-/m0/s1. The number of hydrogen-bond acceptors (Lipinski definition) is 6. The van der Waals surface area contributed by atoms with Gasteiger partial charge in [0.1, 0.15) is 13.2 Å². The van der Waals surface area contributed by atoms with E-state index >= 15 is 0 Å². The van der Waals surface area contributed by atoms with Gasteiger partial charge in [0.15, 0.2) is 6.10 Å². The maximum absolute atomic E-state index is 12.9. The van der Waals surface area contributed by atoms with Gasteiger partial charge in [0.05, 0.1) is 0 Å². The van der Waals surface area contributed by atoms with Crippen molar-refractivity contribution in [1.82, 2.24) is 0 Å². The van der Waals surface area contributed by atoms with E-state index in [2.05, 4.69) is 34.6 Å². The average Bonchev–Trinajstić information content (AvgIpc) is 3.30. The quantitative estimate of drug-likeness (QED) is 0.0343. The van der Waals surface area contributed by atoms with Gasteiger partial charge in [-0.1, -0.05) is 304 Å². The highest BCUT2D eigenvalue weighted by Crippen LogP contribution is 2.18. The molecule has 0 amide bonds. The summed E-state index contributed by atoms with van der Waals surface area (Å²) in [6.07, 6.45) is 58.1. The van der Waals surface area contributed by atoms with Crippen LogP contribution in [-0.2, 0) is 28.6 Å². The molecule has 0 saturated heterocycles. The van der Waals surface area contributed by atoms with Crippen LogP contribution in [0.15, 0.2) is 0 Å². The van der Waals surface area contributed by atoms with Crippen LogP contribution in [0.5, 0.6) is 0 Å². The fraction of sp³-hybridized carbons (Fsp3) is 0.951. The van der Waals surface area contributed by atoms with E-state index in [1.165, 1.54) is 231 Å². The van der Waals surface area contributed by atoms with Crippen molar-refractivity contribution < 1.29 is 28.6 Å². The second kappa shape index (κ2) is 53.8. The zero-order chi connectivity index (χ0) is 48.9. The van der Waals surface area contributed by atoms with Gasteiger partial charge in [0.25, 0.3) is 0 Å². The van der Waals surface area contributed by atoms with E-state index in [0.717, 1.165) is 69.6 Å². The van der Waals surface area contributed by atoms with Gasteiger partial charge in [0, 0.05) is 19.3 Å². The van der Waals surface area contributed by atoms with Crippen molar-refractivity contribution >= 4 is 17.9 Å². The van der Waals surface area contributed by atoms with Gasteiger partial charge in [-0.05, 0) is 31.1 Å². The summed E-state index contributed by atoms with van der Waals surface area (Å²) in [7, 11) is 0. The Hall–Kier alpha value is -1.59. The van der Waals surface area contributed by atoms with Crippen LogP contribution in [0.3, 0.4) is 0 Å². The molecular formula is C61H118O6. The minimum Gasteiger partial charge on any atom is -0.462 e. The first-order valence-electron chi connectivity index (χ1n) is 30.2. The predicted molar refractivity (Wildman–Crippen MR) is 289 cm³/mol. The van der Waals surface area contributed by atoms with Crippen molar-refractivity contribution in [3.05, 3.63) is 0 Å². The van der Waals surface area contributed by atoms with Crippen molar-refractivity contribution in [2.45, 2.75) is 349 Å². The van der Waals surface area contributed by atoms with E-state index in [4.69, 9.17) is 14.2 Å². The lowest BCUT2D eigenvalue weighted by Gasteiger charge is -2.18. The van der Waals surface area contributed by atoms with Gasteiger partial charge >= 0.3 is 17.9 Å². The second-order valence-electron chi connectivity index (χ2n) is 21.9. The highest BCUT2D eigenvalue weighted by Gasteiger charge is 2.19. The van der Waals surface area contributed by atoms with E-state index in [0.29, 0.717) is 19.3 Å². The van der Waals surface area contributed by atoms with E-state index in [1.54, 1.807) is 0 Å². The molecule has 0 radical (unpaired) electrons. The summed E-state index contributed by atoms with van der Waals surface area (Å²) in [6, 6.07) is 0. The average molecular weight is 948 g/mol. The lowest BCUT2D eigenvalue weighted by molar-refractivity contribution is -0.167. The van der Waals surface area contributed by atoms with Gasteiger partial charge in [-0.2, -0.15) is 0 Å². The molecule has 0 saturated carbocycles. The molecule has 1 atom stereocenters. The highest BCUT2D eigenvalue weighted by molar-refractivity contribution is 5.71. The molecule has 0 bridgehead atoms. The third-order valence-electron chi connectivity index (χ3n) is 14.0. The third kappa shape index (κ3) is 55.2. The first-order chi connectivity index (χ1) is 32.7. The summed E-state index contributed by atoms with van der Waals surface area (Å²) in [5.74, 6) is 0.843. The van der Waals surface area contributed by atoms with Crippen LogP contribution in [0.25, 0.3) is 0 Å². The predicted octanol–water partition coefficient (Wildman–Crippen LogP) is 20.0. The molecule has 0 fully saturated rings. The van der Waals surface area contributed by atoms with Gasteiger partial charge in [-0.25, -0.2) is 0 Å². The molecule has 6 nitrogen and oxygen atoms in total. The maximum atomic E-state index is 12.9. The summed E-state index contributed by atoms with van der Waals surface area (Å²) < 4.78 is 16.9. The Labute approximate surface area is 418 Å². The minimum absolute atomic E-state index is 0.0623. The fourth-order valence-corrected chi connectivity index (χ4v) is 9.40. The number of carbonyl (C=O) groups excluding carboxylic acids is 3. The van der Waals surface area contributed by atoms with Crippen molar-refractivity contribution in [2.24, 2.45) is 11.8 Å². The molecule has 6 heteroatoms. The molecule has 0 spiro atoms. The Morgan fingerprint density at radius 2 is 0.493 bits per heavy atom. The Morgan fingerprint density at radius 1 is 0.284 bits per heavy atom. The SMILES string of the molecule is CCCCCCCCCCCCCCCCCCCC(=O)O[C@@H](COC(=O)CCCCCCCCCCCCCCCCC(C)C)COC(=O)CCCCCCCCCCCCCCC(C)C. The van der Waals surface area contributed by atoms with Crippen LogP contribution >= 0.6 is 0 Å². The lowest BCUT2D eigenvalue weighted by atomic mass is 10.0. The summed E-state index contributed by atoms with van der Waals surface area (Å²) in [5, 5.41) is 0. The minimum atomic E-state index is -0.763. The Balaban J connectivity index is 4.30. The summed E-state index contributed by atoms with van der Waals surface area (Å²) in [5.41, 5.74) is 0. The summed E-state index contributed by atoms with van der Waals surface area (Å²) >= 11 is 0. The fourth-order valence-electron chi connectivity index (χ4n) is 9.40. The zero-order valence-electron chi connectivity index (χ0n) is 46.0. The Kier molecular flexibility index (Phi) is 52.5. The first-order valence-corrected chi connectivity index (χ1v) is 30.2. The van der Waals surface area contributed by atoms with Crippen LogP contribution in [0, 0.1) is 11.8 Å². The number of rotatable bonds is 55. The lowest BCUT2D eigenvalue weighted by Crippen LogP contribution is -2.30. The Bertz CT molecular complexity index is 1020. The van der Waals surface area contributed by atoms with E-state index in [9.17, 15) is 14.4 Å².